The number of anilines is 1. The molecule has 6 nitrogen and oxygen atoms in total. The molecule has 0 radical (unpaired) electrons. The molecule has 0 saturated heterocycles. The van der Waals surface area contributed by atoms with Crippen molar-refractivity contribution in [2.75, 3.05) is 20.0 Å². The molecule has 3 aromatic rings. The fourth-order valence-electron chi connectivity index (χ4n) is 2.06. The fraction of sp³-hybridized carbons (Fsp3) is 0.143. The second-order valence-electron chi connectivity index (χ2n) is 4.20. The summed E-state index contributed by atoms with van der Waals surface area (Å²) in [6, 6.07) is 11.1. The minimum Gasteiger partial charge on any atom is -0.497 e. The van der Waals surface area contributed by atoms with Crippen LogP contribution in [0.15, 0.2) is 36.4 Å². The van der Waals surface area contributed by atoms with Crippen molar-refractivity contribution >= 4 is 17.1 Å². The van der Waals surface area contributed by atoms with Crippen LogP contribution in [0.3, 0.4) is 0 Å². The third-order valence-corrected chi connectivity index (χ3v) is 3.04. The van der Waals surface area contributed by atoms with Crippen LogP contribution in [0.25, 0.3) is 16.9 Å². The van der Waals surface area contributed by atoms with Gasteiger partial charge in [0.05, 0.1) is 19.9 Å². The predicted octanol–water partition coefficient (Wildman–Crippen LogP) is 2.02. The standard InChI is InChI=1S/C14H14N4O2/c1-19-10-5-3-9(4-6-10)18-13-11(16-14(18)15)7-8-12(17-13)20-2/h3-8H,1-2H3,(H2,15,16). The molecular weight excluding hydrogens is 256 g/mol. The van der Waals surface area contributed by atoms with E-state index in [0.29, 0.717) is 17.5 Å². The lowest BCUT2D eigenvalue weighted by molar-refractivity contribution is 0.399. The van der Waals surface area contributed by atoms with E-state index in [2.05, 4.69) is 9.97 Å². The largest absolute Gasteiger partial charge is 0.497 e. The van der Waals surface area contributed by atoms with Gasteiger partial charge in [0, 0.05) is 6.07 Å². The Balaban J connectivity index is 2.20. The number of aromatic nitrogens is 3. The second kappa shape index (κ2) is 4.73. The molecule has 0 aliphatic heterocycles. The number of pyridine rings is 1. The van der Waals surface area contributed by atoms with Crippen LogP contribution in [-0.2, 0) is 0 Å². The summed E-state index contributed by atoms with van der Waals surface area (Å²) in [6.45, 7) is 0. The highest BCUT2D eigenvalue weighted by Crippen LogP contribution is 2.24. The molecule has 0 atom stereocenters. The summed E-state index contributed by atoms with van der Waals surface area (Å²) in [5.74, 6) is 1.68. The van der Waals surface area contributed by atoms with E-state index in [-0.39, 0.29) is 0 Å². The molecule has 3 rings (SSSR count). The van der Waals surface area contributed by atoms with Gasteiger partial charge in [0.25, 0.3) is 0 Å². The first kappa shape index (κ1) is 12.3. The van der Waals surface area contributed by atoms with Gasteiger partial charge in [-0.3, -0.25) is 4.57 Å². The third-order valence-electron chi connectivity index (χ3n) is 3.04. The molecular formula is C14H14N4O2. The minimum absolute atomic E-state index is 0.380. The van der Waals surface area contributed by atoms with E-state index in [1.165, 1.54) is 0 Å². The van der Waals surface area contributed by atoms with Gasteiger partial charge in [0.2, 0.25) is 11.8 Å². The van der Waals surface area contributed by atoms with Crippen LogP contribution in [0.2, 0.25) is 0 Å². The Labute approximate surface area is 115 Å². The van der Waals surface area contributed by atoms with E-state index in [9.17, 15) is 0 Å². The van der Waals surface area contributed by atoms with Crippen molar-refractivity contribution in [2.45, 2.75) is 0 Å². The lowest BCUT2D eigenvalue weighted by Crippen LogP contribution is -2.01. The maximum atomic E-state index is 5.99. The molecule has 0 amide bonds. The highest BCUT2D eigenvalue weighted by atomic mass is 16.5. The number of nitrogen functional groups attached to an aromatic ring is 1. The van der Waals surface area contributed by atoms with E-state index < -0.39 is 0 Å². The zero-order chi connectivity index (χ0) is 14.1. The number of benzene rings is 1. The quantitative estimate of drug-likeness (QED) is 0.788. The lowest BCUT2D eigenvalue weighted by Gasteiger charge is -2.07. The average Bonchev–Trinajstić information content (AvgIpc) is 2.82. The van der Waals surface area contributed by atoms with Gasteiger partial charge in [0.1, 0.15) is 11.3 Å². The van der Waals surface area contributed by atoms with E-state index in [0.717, 1.165) is 17.0 Å². The van der Waals surface area contributed by atoms with E-state index in [1.54, 1.807) is 24.9 Å². The van der Waals surface area contributed by atoms with Crippen LogP contribution >= 0.6 is 0 Å². The molecule has 0 aliphatic rings. The van der Waals surface area contributed by atoms with Crippen molar-refractivity contribution in [3.8, 4) is 17.3 Å². The third kappa shape index (κ3) is 1.91. The Morgan fingerprint density at radius 3 is 2.35 bits per heavy atom. The number of fused-ring (bicyclic) bond motifs is 1. The molecule has 0 spiro atoms. The zero-order valence-electron chi connectivity index (χ0n) is 11.2. The number of imidazole rings is 1. The van der Waals surface area contributed by atoms with Crippen molar-refractivity contribution in [3.63, 3.8) is 0 Å². The van der Waals surface area contributed by atoms with Crippen LogP contribution in [0.4, 0.5) is 5.95 Å². The molecule has 20 heavy (non-hydrogen) atoms. The monoisotopic (exact) mass is 270 g/mol. The number of hydrogen-bond donors (Lipinski definition) is 1. The van der Waals surface area contributed by atoms with Gasteiger partial charge in [0.15, 0.2) is 5.65 Å². The van der Waals surface area contributed by atoms with Crippen molar-refractivity contribution in [1.29, 1.82) is 0 Å². The first-order chi connectivity index (χ1) is 9.72. The van der Waals surface area contributed by atoms with Crippen LogP contribution < -0.4 is 15.2 Å². The summed E-state index contributed by atoms with van der Waals surface area (Å²) in [5, 5.41) is 0. The van der Waals surface area contributed by atoms with Gasteiger partial charge in [-0.1, -0.05) is 0 Å². The van der Waals surface area contributed by atoms with E-state index in [1.807, 2.05) is 30.3 Å². The van der Waals surface area contributed by atoms with Gasteiger partial charge >= 0.3 is 0 Å². The number of ether oxygens (including phenoxy) is 2. The molecule has 0 unspecified atom stereocenters. The zero-order valence-corrected chi connectivity index (χ0v) is 11.2. The summed E-state index contributed by atoms with van der Waals surface area (Å²) in [6.07, 6.45) is 0. The SMILES string of the molecule is COc1ccc(-n2c(N)nc3ccc(OC)nc32)cc1. The predicted molar refractivity (Wildman–Crippen MR) is 76.4 cm³/mol. The van der Waals surface area contributed by atoms with Gasteiger partial charge in [-0.05, 0) is 30.3 Å². The summed E-state index contributed by atoms with van der Waals surface area (Å²) >= 11 is 0. The van der Waals surface area contributed by atoms with Crippen LogP contribution in [-0.4, -0.2) is 28.8 Å². The first-order valence-electron chi connectivity index (χ1n) is 6.06. The first-order valence-corrected chi connectivity index (χ1v) is 6.06. The van der Waals surface area contributed by atoms with Gasteiger partial charge in [-0.2, -0.15) is 4.98 Å². The van der Waals surface area contributed by atoms with Gasteiger partial charge in [-0.15, -0.1) is 0 Å². The second-order valence-corrected chi connectivity index (χ2v) is 4.20. The number of nitrogens with zero attached hydrogens (tertiary/aromatic N) is 3. The molecule has 0 aliphatic carbocycles. The topological polar surface area (TPSA) is 75.2 Å². The van der Waals surface area contributed by atoms with Crippen LogP contribution in [0.1, 0.15) is 0 Å². The number of rotatable bonds is 3. The maximum absolute atomic E-state index is 5.99. The van der Waals surface area contributed by atoms with E-state index in [4.69, 9.17) is 15.2 Å². The Morgan fingerprint density at radius 2 is 1.70 bits per heavy atom. The van der Waals surface area contributed by atoms with Gasteiger partial charge in [-0.25, -0.2) is 4.98 Å². The van der Waals surface area contributed by atoms with Crippen LogP contribution in [0.5, 0.6) is 11.6 Å². The molecule has 1 aromatic carbocycles. The number of nitrogens with two attached hydrogens (primary N) is 1. The minimum atomic E-state index is 0.380. The Morgan fingerprint density at radius 1 is 0.950 bits per heavy atom. The summed E-state index contributed by atoms with van der Waals surface area (Å²) < 4.78 is 12.1. The van der Waals surface area contributed by atoms with E-state index >= 15 is 0 Å². The fourth-order valence-corrected chi connectivity index (χ4v) is 2.06. The molecule has 0 bridgehead atoms. The summed E-state index contributed by atoms with van der Waals surface area (Å²) in [7, 11) is 3.20. The van der Waals surface area contributed by atoms with Gasteiger partial charge < -0.3 is 15.2 Å². The molecule has 102 valence electrons. The Hall–Kier alpha value is -2.76. The highest BCUT2D eigenvalue weighted by molar-refractivity contribution is 5.77. The Bertz CT molecular complexity index is 750. The summed E-state index contributed by atoms with van der Waals surface area (Å²) in [5.41, 5.74) is 8.24. The van der Waals surface area contributed by atoms with Crippen molar-refractivity contribution in [1.82, 2.24) is 14.5 Å². The highest BCUT2D eigenvalue weighted by Gasteiger charge is 2.12. The van der Waals surface area contributed by atoms with Crippen molar-refractivity contribution in [3.05, 3.63) is 36.4 Å². The van der Waals surface area contributed by atoms with Crippen molar-refractivity contribution < 1.29 is 9.47 Å². The molecule has 2 N–H and O–H groups in total. The summed E-state index contributed by atoms with van der Waals surface area (Å²) in [4.78, 5) is 8.70. The Kier molecular flexibility index (Phi) is 2.90. The number of hydrogen-bond acceptors (Lipinski definition) is 5. The normalized spacial score (nSPS) is 10.7. The van der Waals surface area contributed by atoms with Crippen LogP contribution in [0, 0.1) is 0 Å². The number of methoxy groups -OCH3 is 2. The molecule has 6 heteroatoms. The molecule has 2 aromatic heterocycles. The molecule has 0 fully saturated rings. The molecule has 0 saturated carbocycles. The average molecular weight is 270 g/mol. The van der Waals surface area contributed by atoms with Crippen molar-refractivity contribution in [2.24, 2.45) is 0 Å². The molecule has 2 heterocycles. The lowest BCUT2D eigenvalue weighted by atomic mass is 10.3. The maximum Gasteiger partial charge on any atom is 0.215 e. The smallest absolute Gasteiger partial charge is 0.215 e.